The lowest BCUT2D eigenvalue weighted by atomic mass is 10.00. The van der Waals surface area contributed by atoms with Gasteiger partial charge in [0.1, 0.15) is 5.78 Å². The Morgan fingerprint density at radius 1 is 1.60 bits per heavy atom. The van der Waals surface area contributed by atoms with Crippen LogP contribution >= 0.6 is 0 Å². The van der Waals surface area contributed by atoms with Crippen LogP contribution in [0, 0.1) is 5.92 Å². The second kappa shape index (κ2) is 5.21. The van der Waals surface area contributed by atoms with E-state index in [0.29, 0.717) is 12.3 Å². The van der Waals surface area contributed by atoms with Crippen LogP contribution in [0.1, 0.15) is 33.6 Å². The number of Topliss-reactive ketones (excluding diaryl/α,β-unsaturated/α-hetero) is 1. The zero-order chi connectivity index (χ0) is 7.98. The zero-order valence-electron chi connectivity index (χ0n) is 7.05. The summed E-state index contributed by atoms with van der Waals surface area (Å²) in [5, 5.41) is 0. The van der Waals surface area contributed by atoms with E-state index in [2.05, 4.69) is 13.0 Å². The Hall–Kier alpha value is -0.590. The minimum atomic E-state index is 0.282. The number of rotatable bonds is 4. The molecule has 0 saturated heterocycles. The molecular formula is C9H16O. The molecule has 0 aliphatic heterocycles. The molecule has 0 bridgehead atoms. The lowest BCUT2D eigenvalue weighted by Crippen LogP contribution is -2.00. The molecule has 0 aliphatic carbocycles. The van der Waals surface area contributed by atoms with Crippen LogP contribution in [0.5, 0.6) is 0 Å². The summed E-state index contributed by atoms with van der Waals surface area (Å²) in [5.41, 5.74) is 0. The minimum absolute atomic E-state index is 0.282. The summed E-state index contributed by atoms with van der Waals surface area (Å²) in [5.74, 6) is 0.743. The van der Waals surface area contributed by atoms with Gasteiger partial charge in [-0.1, -0.05) is 19.1 Å². The molecule has 0 rings (SSSR count). The van der Waals surface area contributed by atoms with Gasteiger partial charge in [0.2, 0.25) is 0 Å². The van der Waals surface area contributed by atoms with E-state index in [0.717, 1.165) is 6.42 Å². The van der Waals surface area contributed by atoms with E-state index in [9.17, 15) is 4.79 Å². The number of carbonyl (C=O) groups excluding carboxylic acids is 1. The summed E-state index contributed by atoms with van der Waals surface area (Å²) in [6.45, 7) is 5.74. The first-order valence-electron chi connectivity index (χ1n) is 3.83. The molecule has 0 N–H and O–H groups in total. The monoisotopic (exact) mass is 140 g/mol. The first kappa shape index (κ1) is 9.41. The van der Waals surface area contributed by atoms with Crippen molar-refractivity contribution in [1.29, 1.82) is 0 Å². The summed E-state index contributed by atoms with van der Waals surface area (Å²) < 4.78 is 0. The maximum Gasteiger partial charge on any atom is 0.130 e. The zero-order valence-corrected chi connectivity index (χ0v) is 7.05. The second-order valence-electron chi connectivity index (χ2n) is 2.60. The lowest BCUT2D eigenvalue weighted by Gasteiger charge is -2.05. The molecular weight excluding hydrogens is 124 g/mol. The van der Waals surface area contributed by atoms with E-state index in [1.54, 1.807) is 6.92 Å². The average molecular weight is 140 g/mol. The van der Waals surface area contributed by atoms with Crippen LogP contribution in [0.3, 0.4) is 0 Å². The lowest BCUT2D eigenvalue weighted by molar-refractivity contribution is -0.117. The van der Waals surface area contributed by atoms with Crippen molar-refractivity contribution >= 4 is 5.78 Å². The molecule has 1 unspecified atom stereocenters. The molecule has 0 aromatic heterocycles. The molecule has 0 fully saturated rings. The van der Waals surface area contributed by atoms with Crippen LogP contribution in [-0.4, -0.2) is 5.78 Å². The van der Waals surface area contributed by atoms with Gasteiger partial charge in [-0.05, 0) is 26.2 Å². The average Bonchev–Trinajstić information content (AvgIpc) is 1.86. The molecule has 0 aromatic rings. The SMILES string of the molecule is C/C=C/C(CC)CC(C)=O. The first-order chi connectivity index (χ1) is 4.70. The van der Waals surface area contributed by atoms with E-state index in [1.807, 2.05) is 13.0 Å². The summed E-state index contributed by atoms with van der Waals surface area (Å²) in [7, 11) is 0. The normalized spacial score (nSPS) is 13.9. The third-order valence-corrected chi connectivity index (χ3v) is 1.54. The van der Waals surface area contributed by atoms with E-state index in [-0.39, 0.29) is 5.78 Å². The Morgan fingerprint density at radius 3 is 2.50 bits per heavy atom. The highest BCUT2D eigenvalue weighted by Gasteiger charge is 2.03. The van der Waals surface area contributed by atoms with Crippen molar-refractivity contribution in [1.82, 2.24) is 0 Å². The molecule has 10 heavy (non-hydrogen) atoms. The fourth-order valence-corrected chi connectivity index (χ4v) is 0.990. The Balaban J connectivity index is 3.71. The molecule has 1 nitrogen and oxygen atoms in total. The maximum absolute atomic E-state index is 10.7. The van der Waals surface area contributed by atoms with Gasteiger partial charge in [0.25, 0.3) is 0 Å². The summed E-state index contributed by atoms with van der Waals surface area (Å²) in [6, 6.07) is 0. The van der Waals surface area contributed by atoms with Crippen LogP contribution in [0.2, 0.25) is 0 Å². The number of allylic oxidation sites excluding steroid dienone is 2. The topological polar surface area (TPSA) is 17.1 Å². The minimum Gasteiger partial charge on any atom is -0.300 e. The fourth-order valence-electron chi connectivity index (χ4n) is 0.990. The maximum atomic E-state index is 10.7. The van der Waals surface area contributed by atoms with Crippen molar-refractivity contribution < 1.29 is 4.79 Å². The molecule has 0 amide bonds. The summed E-state index contributed by atoms with van der Waals surface area (Å²) in [4.78, 5) is 10.7. The van der Waals surface area contributed by atoms with E-state index in [4.69, 9.17) is 0 Å². The predicted molar refractivity (Wildman–Crippen MR) is 43.9 cm³/mol. The first-order valence-corrected chi connectivity index (χ1v) is 3.83. The standard InChI is InChI=1S/C9H16O/c1-4-6-9(5-2)7-8(3)10/h4,6,9H,5,7H2,1-3H3/b6-4+. The summed E-state index contributed by atoms with van der Waals surface area (Å²) >= 11 is 0. The smallest absolute Gasteiger partial charge is 0.130 e. The van der Waals surface area contributed by atoms with Gasteiger partial charge in [-0.2, -0.15) is 0 Å². The molecule has 0 aliphatic rings. The van der Waals surface area contributed by atoms with Gasteiger partial charge >= 0.3 is 0 Å². The molecule has 0 spiro atoms. The van der Waals surface area contributed by atoms with Crippen LogP contribution in [0.4, 0.5) is 0 Å². The van der Waals surface area contributed by atoms with Gasteiger partial charge in [0.05, 0.1) is 0 Å². The molecule has 0 heterocycles. The van der Waals surface area contributed by atoms with Gasteiger partial charge in [0.15, 0.2) is 0 Å². The van der Waals surface area contributed by atoms with Crippen LogP contribution in [0.15, 0.2) is 12.2 Å². The van der Waals surface area contributed by atoms with Crippen molar-refractivity contribution in [3.63, 3.8) is 0 Å². The third kappa shape index (κ3) is 4.30. The Kier molecular flexibility index (Phi) is 4.91. The second-order valence-corrected chi connectivity index (χ2v) is 2.60. The Bertz CT molecular complexity index is 125. The molecule has 1 heteroatoms. The van der Waals surface area contributed by atoms with Gasteiger partial charge in [-0.3, -0.25) is 0 Å². The third-order valence-electron chi connectivity index (χ3n) is 1.54. The Morgan fingerprint density at radius 2 is 2.20 bits per heavy atom. The van der Waals surface area contributed by atoms with Gasteiger partial charge in [-0.25, -0.2) is 0 Å². The largest absolute Gasteiger partial charge is 0.300 e. The van der Waals surface area contributed by atoms with Crippen LogP contribution < -0.4 is 0 Å². The van der Waals surface area contributed by atoms with Crippen molar-refractivity contribution in [3.05, 3.63) is 12.2 Å². The van der Waals surface area contributed by atoms with E-state index in [1.165, 1.54) is 0 Å². The van der Waals surface area contributed by atoms with E-state index >= 15 is 0 Å². The highest BCUT2D eigenvalue weighted by atomic mass is 16.1. The number of ketones is 1. The highest BCUT2D eigenvalue weighted by molar-refractivity contribution is 5.75. The van der Waals surface area contributed by atoms with Gasteiger partial charge < -0.3 is 4.79 Å². The number of carbonyl (C=O) groups is 1. The van der Waals surface area contributed by atoms with Crippen molar-refractivity contribution in [2.45, 2.75) is 33.6 Å². The molecule has 0 aromatic carbocycles. The van der Waals surface area contributed by atoms with Crippen molar-refractivity contribution in [2.24, 2.45) is 5.92 Å². The van der Waals surface area contributed by atoms with Crippen molar-refractivity contribution in [3.8, 4) is 0 Å². The fraction of sp³-hybridized carbons (Fsp3) is 0.667. The van der Waals surface area contributed by atoms with Gasteiger partial charge in [-0.15, -0.1) is 0 Å². The van der Waals surface area contributed by atoms with Crippen LogP contribution in [-0.2, 0) is 4.79 Å². The highest BCUT2D eigenvalue weighted by Crippen LogP contribution is 2.09. The predicted octanol–water partition coefficient (Wildman–Crippen LogP) is 2.57. The van der Waals surface area contributed by atoms with E-state index < -0.39 is 0 Å². The van der Waals surface area contributed by atoms with Crippen LogP contribution in [0.25, 0.3) is 0 Å². The number of hydrogen-bond donors (Lipinski definition) is 0. The molecule has 0 saturated carbocycles. The number of hydrogen-bond acceptors (Lipinski definition) is 1. The molecule has 0 radical (unpaired) electrons. The Labute approximate surface area is 63.1 Å². The van der Waals surface area contributed by atoms with Crippen molar-refractivity contribution in [2.75, 3.05) is 0 Å². The molecule has 58 valence electrons. The van der Waals surface area contributed by atoms with Gasteiger partial charge in [0, 0.05) is 6.42 Å². The quantitative estimate of drug-likeness (QED) is 0.548. The molecule has 1 atom stereocenters. The summed E-state index contributed by atoms with van der Waals surface area (Å²) in [6.07, 6.45) is 5.86.